The number of rotatable bonds is 4. The van der Waals surface area contributed by atoms with Gasteiger partial charge in [0.15, 0.2) is 5.96 Å². The minimum absolute atomic E-state index is 0.261. The molecule has 1 aromatic carbocycles. The fraction of sp³-hybridized carbons (Fsp3) is 0.611. The first-order valence-corrected chi connectivity index (χ1v) is 8.41. The predicted octanol–water partition coefficient (Wildman–Crippen LogP) is 3.35. The lowest BCUT2D eigenvalue weighted by atomic mass is 9.96. The Kier molecular flexibility index (Phi) is 4.47. The van der Waals surface area contributed by atoms with Crippen molar-refractivity contribution in [3.8, 4) is 0 Å². The van der Waals surface area contributed by atoms with E-state index in [9.17, 15) is 0 Å². The topological polar surface area (TPSA) is 50.4 Å². The molecular weight excluding hydrogens is 258 g/mol. The number of guanidine groups is 1. The van der Waals surface area contributed by atoms with Gasteiger partial charge in [0.2, 0.25) is 0 Å². The van der Waals surface area contributed by atoms with Crippen LogP contribution >= 0.6 is 0 Å². The molecule has 2 aliphatic carbocycles. The highest BCUT2D eigenvalue weighted by atomic mass is 15.1. The maximum absolute atomic E-state index is 6.11. The normalized spacial score (nSPS) is 22.6. The van der Waals surface area contributed by atoms with E-state index in [0.29, 0.717) is 12.0 Å². The van der Waals surface area contributed by atoms with E-state index in [2.05, 4.69) is 40.6 Å². The lowest BCUT2D eigenvalue weighted by Crippen LogP contribution is -2.40. The molecule has 3 heteroatoms. The molecule has 1 aromatic rings. The van der Waals surface area contributed by atoms with Gasteiger partial charge >= 0.3 is 0 Å². The van der Waals surface area contributed by atoms with Crippen molar-refractivity contribution < 1.29 is 0 Å². The minimum Gasteiger partial charge on any atom is -0.370 e. The molecular formula is C18H27N3. The molecule has 0 spiro atoms. The van der Waals surface area contributed by atoms with Crippen LogP contribution in [0.4, 0.5) is 0 Å². The van der Waals surface area contributed by atoms with Gasteiger partial charge < -0.3 is 11.1 Å². The van der Waals surface area contributed by atoms with Gasteiger partial charge in [-0.25, -0.2) is 0 Å². The molecule has 3 N–H and O–H groups in total. The Balaban J connectivity index is 1.55. The van der Waals surface area contributed by atoms with Gasteiger partial charge in [-0.15, -0.1) is 0 Å². The number of nitrogens with one attached hydrogen (secondary N) is 1. The third kappa shape index (κ3) is 3.78. The van der Waals surface area contributed by atoms with Crippen molar-refractivity contribution >= 4 is 5.96 Å². The van der Waals surface area contributed by atoms with E-state index >= 15 is 0 Å². The van der Waals surface area contributed by atoms with Crippen molar-refractivity contribution in [2.24, 2.45) is 10.7 Å². The summed E-state index contributed by atoms with van der Waals surface area (Å²) in [6.45, 7) is 0.822. The number of nitrogens with two attached hydrogens (primary N) is 1. The molecule has 2 fully saturated rings. The zero-order valence-corrected chi connectivity index (χ0v) is 12.9. The van der Waals surface area contributed by atoms with Crippen LogP contribution in [0.25, 0.3) is 0 Å². The third-order valence-corrected chi connectivity index (χ3v) is 5.00. The Morgan fingerprint density at radius 1 is 1.10 bits per heavy atom. The number of nitrogens with zero attached hydrogens (tertiary/aromatic N) is 1. The van der Waals surface area contributed by atoms with Crippen LogP contribution in [0.15, 0.2) is 35.3 Å². The molecule has 2 aliphatic rings. The Morgan fingerprint density at radius 2 is 1.76 bits per heavy atom. The zero-order chi connectivity index (χ0) is 14.5. The summed E-state index contributed by atoms with van der Waals surface area (Å²) in [6.07, 6.45) is 10.3. The summed E-state index contributed by atoms with van der Waals surface area (Å²) in [5, 5.41) is 3.44. The molecule has 0 amide bonds. The molecule has 2 saturated carbocycles. The highest BCUT2D eigenvalue weighted by Crippen LogP contribution is 2.48. The average molecular weight is 285 g/mol. The summed E-state index contributed by atoms with van der Waals surface area (Å²) in [4.78, 5) is 4.64. The van der Waals surface area contributed by atoms with E-state index in [-0.39, 0.29) is 5.41 Å². The van der Waals surface area contributed by atoms with Gasteiger partial charge in [0.25, 0.3) is 0 Å². The maximum atomic E-state index is 6.11. The molecule has 114 valence electrons. The van der Waals surface area contributed by atoms with Crippen molar-refractivity contribution in [2.75, 3.05) is 6.54 Å². The molecule has 0 bridgehead atoms. The minimum atomic E-state index is 0.261. The SMILES string of the molecule is NC(=NCC1(c2ccccc2)CC1)NC1CCCCCC1. The van der Waals surface area contributed by atoms with Crippen LogP contribution in [0, 0.1) is 0 Å². The summed E-state index contributed by atoms with van der Waals surface area (Å²) in [7, 11) is 0. The summed E-state index contributed by atoms with van der Waals surface area (Å²) in [6, 6.07) is 11.3. The second-order valence-electron chi connectivity index (χ2n) is 6.68. The molecule has 0 atom stereocenters. The maximum Gasteiger partial charge on any atom is 0.188 e. The van der Waals surface area contributed by atoms with Crippen LogP contribution in [0.2, 0.25) is 0 Å². The Labute approximate surface area is 128 Å². The van der Waals surface area contributed by atoms with Crippen LogP contribution in [0.3, 0.4) is 0 Å². The molecule has 0 aromatic heterocycles. The van der Waals surface area contributed by atoms with Gasteiger partial charge in [-0.05, 0) is 31.2 Å². The summed E-state index contributed by atoms with van der Waals surface area (Å²) in [5.41, 5.74) is 7.78. The van der Waals surface area contributed by atoms with Gasteiger partial charge in [0, 0.05) is 11.5 Å². The second-order valence-corrected chi connectivity index (χ2v) is 6.68. The number of benzene rings is 1. The van der Waals surface area contributed by atoms with Gasteiger partial charge in [-0.1, -0.05) is 56.0 Å². The van der Waals surface area contributed by atoms with Crippen LogP contribution in [0.1, 0.15) is 56.9 Å². The summed E-state index contributed by atoms with van der Waals surface area (Å²) >= 11 is 0. The summed E-state index contributed by atoms with van der Waals surface area (Å²) in [5.74, 6) is 0.643. The molecule has 0 radical (unpaired) electrons. The molecule has 0 unspecified atom stereocenters. The van der Waals surface area contributed by atoms with E-state index in [4.69, 9.17) is 5.73 Å². The first kappa shape index (κ1) is 14.4. The van der Waals surface area contributed by atoms with Gasteiger partial charge in [-0.2, -0.15) is 0 Å². The monoisotopic (exact) mass is 285 g/mol. The molecule has 0 heterocycles. The predicted molar refractivity (Wildman–Crippen MR) is 88.5 cm³/mol. The summed E-state index contributed by atoms with van der Waals surface area (Å²) < 4.78 is 0. The zero-order valence-electron chi connectivity index (χ0n) is 12.9. The number of aliphatic imine (C=N–C) groups is 1. The lowest BCUT2D eigenvalue weighted by molar-refractivity contribution is 0.529. The number of hydrogen-bond acceptors (Lipinski definition) is 1. The molecule has 3 rings (SSSR count). The van der Waals surface area contributed by atoms with E-state index in [1.807, 2.05) is 0 Å². The second kappa shape index (κ2) is 6.50. The van der Waals surface area contributed by atoms with Crippen LogP contribution in [-0.2, 0) is 5.41 Å². The van der Waals surface area contributed by atoms with E-state index in [1.54, 1.807) is 0 Å². The molecule has 21 heavy (non-hydrogen) atoms. The molecule has 0 saturated heterocycles. The van der Waals surface area contributed by atoms with Crippen LogP contribution in [0.5, 0.6) is 0 Å². The highest BCUT2D eigenvalue weighted by molar-refractivity contribution is 5.78. The van der Waals surface area contributed by atoms with Gasteiger partial charge in [0.05, 0.1) is 6.54 Å². The smallest absolute Gasteiger partial charge is 0.188 e. The number of hydrogen-bond donors (Lipinski definition) is 2. The Bertz CT molecular complexity index is 468. The van der Waals surface area contributed by atoms with Crippen molar-refractivity contribution in [3.05, 3.63) is 35.9 Å². The largest absolute Gasteiger partial charge is 0.370 e. The fourth-order valence-corrected chi connectivity index (χ4v) is 3.40. The van der Waals surface area contributed by atoms with Crippen molar-refractivity contribution in [1.82, 2.24) is 5.32 Å². The first-order chi connectivity index (χ1) is 10.3. The first-order valence-electron chi connectivity index (χ1n) is 8.41. The molecule has 0 aliphatic heterocycles. The molecule has 3 nitrogen and oxygen atoms in total. The van der Waals surface area contributed by atoms with Crippen molar-refractivity contribution in [1.29, 1.82) is 0 Å². The van der Waals surface area contributed by atoms with E-state index in [1.165, 1.54) is 56.9 Å². The van der Waals surface area contributed by atoms with Crippen molar-refractivity contribution in [2.45, 2.75) is 62.8 Å². The average Bonchev–Trinajstić information content (AvgIpc) is 3.32. The van der Waals surface area contributed by atoms with Crippen LogP contribution in [-0.4, -0.2) is 18.5 Å². The van der Waals surface area contributed by atoms with E-state index in [0.717, 1.165) is 6.54 Å². The van der Waals surface area contributed by atoms with Gasteiger partial charge in [-0.3, -0.25) is 4.99 Å². The van der Waals surface area contributed by atoms with Gasteiger partial charge in [0.1, 0.15) is 0 Å². The Hall–Kier alpha value is -1.51. The quantitative estimate of drug-likeness (QED) is 0.506. The Morgan fingerprint density at radius 3 is 2.38 bits per heavy atom. The van der Waals surface area contributed by atoms with Crippen LogP contribution < -0.4 is 11.1 Å². The van der Waals surface area contributed by atoms with Crippen molar-refractivity contribution in [3.63, 3.8) is 0 Å². The highest BCUT2D eigenvalue weighted by Gasteiger charge is 2.43. The van der Waals surface area contributed by atoms with E-state index < -0.39 is 0 Å². The lowest BCUT2D eigenvalue weighted by Gasteiger charge is -2.18. The standard InChI is InChI=1S/C18H27N3/c19-17(21-16-10-6-1-2-7-11-16)20-14-18(12-13-18)15-8-4-3-5-9-15/h3-5,8-9,16H,1-2,6-7,10-14H2,(H3,19,20,21). The fourth-order valence-electron chi connectivity index (χ4n) is 3.40. The third-order valence-electron chi connectivity index (χ3n) is 5.00.